The van der Waals surface area contributed by atoms with Gasteiger partial charge in [0.25, 0.3) is 10.0 Å². The second-order valence-corrected chi connectivity index (χ2v) is 7.30. The fraction of sp³-hybridized carbons (Fsp3) is 0.0556. The second kappa shape index (κ2) is 6.63. The minimum Gasteiger partial charge on any atom is -0.455 e. The van der Waals surface area contributed by atoms with E-state index in [4.69, 9.17) is 16.0 Å². The maximum atomic E-state index is 12.2. The smallest absolute Gasteiger partial charge is 0.282 e. The van der Waals surface area contributed by atoms with Crippen LogP contribution in [-0.2, 0) is 10.0 Å². The van der Waals surface area contributed by atoms with Gasteiger partial charge in [0.2, 0.25) is 0 Å². The molecule has 3 aromatic rings. The van der Waals surface area contributed by atoms with Crippen molar-refractivity contribution in [2.75, 3.05) is 0 Å². The van der Waals surface area contributed by atoms with Gasteiger partial charge in [0, 0.05) is 10.6 Å². The molecule has 0 aliphatic carbocycles. The largest absolute Gasteiger partial charge is 0.455 e. The lowest BCUT2D eigenvalue weighted by Crippen LogP contribution is -1.97. The third-order valence-corrected chi connectivity index (χ3v) is 4.90. The summed E-state index contributed by atoms with van der Waals surface area (Å²) >= 11 is 5.85. The molecule has 0 unspecified atom stereocenters. The van der Waals surface area contributed by atoms with Crippen molar-refractivity contribution in [1.29, 1.82) is 0 Å². The van der Waals surface area contributed by atoms with Crippen molar-refractivity contribution in [3.8, 4) is 11.3 Å². The first-order valence-electron chi connectivity index (χ1n) is 7.17. The van der Waals surface area contributed by atoms with Gasteiger partial charge in [-0.1, -0.05) is 29.3 Å². The summed E-state index contributed by atoms with van der Waals surface area (Å²) in [6, 6.07) is 17.1. The van der Waals surface area contributed by atoms with Gasteiger partial charge in [0.05, 0.1) is 11.1 Å². The highest BCUT2D eigenvalue weighted by molar-refractivity contribution is 7.90. The van der Waals surface area contributed by atoms with E-state index in [-0.39, 0.29) is 4.90 Å². The number of hydrogen-bond acceptors (Lipinski definition) is 3. The minimum absolute atomic E-state index is 0.147. The van der Waals surface area contributed by atoms with Gasteiger partial charge in [-0.25, -0.2) is 0 Å². The number of furan rings is 1. The fourth-order valence-electron chi connectivity index (χ4n) is 2.08. The Labute approximate surface area is 145 Å². The Morgan fingerprint density at radius 1 is 0.958 bits per heavy atom. The summed E-state index contributed by atoms with van der Waals surface area (Å²) in [6.45, 7) is 1.89. The van der Waals surface area contributed by atoms with Crippen LogP contribution in [0, 0.1) is 6.92 Å². The molecule has 0 saturated heterocycles. The lowest BCUT2D eigenvalue weighted by molar-refractivity contribution is 0.574. The lowest BCUT2D eigenvalue weighted by Gasteiger charge is -1.98. The van der Waals surface area contributed by atoms with Gasteiger partial charge in [-0.2, -0.15) is 12.8 Å². The summed E-state index contributed by atoms with van der Waals surface area (Å²) in [5, 5.41) is 0.635. The summed E-state index contributed by atoms with van der Waals surface area (Å²) < 4.78 is 33.6. The molecule has 24 heavy (non-hydrogen) atoms. The Balaban J connectivity index is 1.82. The van der Waals surface area contributed by atoms with Crippen LogP contribution in [0.25, 0.3) is 11.3 Å². The van der Waals surface area contributed by atoms with E-state index in [0.717, 1.165) is 11.1 Å². The molecule has 0 spiro atoms. The molecule has 0 radical (unpaired) electrons. The van der Waals surface area contributed by atoms with E-state index in [2.05, 4.69) is 4.40 Å². The second-order valence-electron chi connectivity index (χ2n) is 5.23. The topological polar surface area (TPSA) is 59.6 Å². The highest BCUT2D eigenvalue weighted by Gasteiger charge is 2.11. The van der Waals surface area contributed by atoms with E-state index in [1.807, 2.05) is 19.1 Å². The zero-order valence-electron chi connectivity index (χ0n) is 12.8. The predicted octanol–water partition coefficient (Wildman–Crippen LogP) is 4.72. The molecule has 0 aliphatic heterocycles. The van der Waals surface area contributed by atoms with Crippen molar-refractivity contribution >= 4 is 27.8 Å². The maximum Gasteiger partial charge on any atom is 0.282 e. The van der Waals surface area contributed by atoms with E-state index in [0.29, 0.717) is 16.5 Å². The van der Waals surface area contributed by atoms with E-state index in [9.17, 15) is 8.42 Å². The van der Waals surface area contributed by atoms with Crippen molar-refractivity contribution in [3.05, 3.63) is 77.0 Å². The molecule has 0 bridgehead atoms. The van der Waals surface area contributed by atoms with Crippen LogP contribution in [0.15, 0.2) is 74.4 Å². The first-order chi connectivity index (χ1) is 11.4. The predicted molar refractivity (Wildman–Crippen MR) is 95.1 cm³/mol. The van der Waals surface area contributed by atoms with Crippen LogP contribution in [0.2, 0.25) is 5.02 Å². The minimum atomic E-state index is -3.74. The number of hydrogen-bond donors (Lipinski definition) is 0. The van der Waals surface area contributed by atoms with E-state index in [1.165, 1.54) is 18.3 Å². The Hall–Kier alpha value is -2.37. The number of halogens is 1. The summed E-state index contributed by atoms with van der Waals surface area (Å²) in [7, 11) is -3.74. The Kier molecular flexibility index (Phi) is 4.55. The van der Waals surface area contributed by atoms with Crippen LogP contribution < -0.4 is 0 Å². The average Bonchev–Trinajstić information content (AvgIpc) is 3.03. The van der Waals surface area contributed by atoms with Gasteiger partial charge >= 0.3 is 0 Å². The highest BCUT2D eigenvalue weighted by Crippen LogP contribution is 2.23. The third-order valence-electron chi connectivity index (χ3n) is 3.39. The van der Waals surface area contributed by atoms with Gasteiger partial charge in [0.15, 0.2) is 0 Å². The van der Waals surface area contributed by atoms with Crippen molar-refractivity contribution in [3.63, 3.8) is 0 Å². The molecular weight excluding hydrogens is 346 g/mol. The third kappa shape index (κ3) is 3.75. The van der Waals surface area contributed by atoms with Crippen molar-refractivity contribution < 1.29 is 12.8 Å². The monoisotopic (exact) mass is 359 g/mol. The molecule has 0 N–H and O–H groups in total. The zero-order chi connectivity index (χ0) is 17.2. The van der Waals surface area contributed by atoms with Crippen LogP contribution >= 0.6 is 11.6 Å². The maximum absolute atomic E-state index is 12.2. The molecule has 0 fully saturated rings. The standard InChI is InChI=1S/C18H14ClNO3S/c1-13-2-9-17(10-3-13)24(21,22)20-12-16-8-11-18(23-16)14-4-6-15(19)7-5-14/h2-12H,1H3/b20-12+. The lowest BCUT2D eigenvalue weighted by atomic mass is 10.2. The van der Waals surface area contributed by atoms with E-state index >= 15 is 0 Å². The molecule has 0 saturated carbocycles. The molecule has 122 valence electrons. The van der Waals surface area contributed by atoms with Crippen molar-refractivity contribution in [2.24, 2.45) is 4.40 Å². The number of rotatable bonds is 4. The normalized spacial score (nSPS) is 11.9. The molecule has 0 amide bonds. The Morgan fingerprint density at radius 2 is 1.62 bits per heavy atom. The number of nitrogens with zero attached hydrogens (tertiary/aromatic N) is 1. The van der Waals surface area contributed by atoms with Crippen LogP contribution in [0.3, 0.4) is 0 Å². The summed E-state index contributed by atoms with van der Waals surface area (Å²) in [6.07, 6.45) is 1.20. The molecular formula is C18H14ClNO3S. The van der Waals surface area contributed by atoms with E-state index < -0.39 is 10.0 Å². The van der Waals surface area contributed by atoms with Crippen LogP contribution in [0.5, 0.6) is 0 Å². The molecule has 0 aliphatic rings. The highest BCUT2D eigenvalue weighted by atomic mass is 35.5. The van der Waals surface area contributed by atoms with Crippen molar-refractivity contribution in [2.45, 2.75) is 11.8 Å². The Bertz CT molecular complexity index is 972. The first kappa shape index (κ1) is 16.5. The van der Waals surface area contributed by atoms with Gasteiger partial charge in [-0.15, -0.1) is 0 Å². The van der Waals surface area contributed by atoms with Gasteiger partial charge < -0.3 is 4.42 Å². The molecule has 0 atom stereocenters. The van der Waals surface area contributed by atoms with Gasteiger partial charge in [-0.3, -0.25) is 0 Å². The van der Waals surface area contributed by atoms with Gasteiger partial charge in [0.1, 0.15) is 11.5 Å². The van der Waals surface area contributed by atoms with Gasteiger partial charge in [-0.05, 0) is 55.5 Å². The first-order valence-corrected chi connectivity index (χ1v) is 8.99. The Morgan fingerprint density at radius 3 is 2.29 bits per heavy atom. The van der Waals surface area contributed by atoms with Crippen molar-refractivity contribution in [1.82, 2.24) is 0 Å². The average molecular weight is 360 g/mol. The zero-order valence-corrected chi connectivity index (χ0v) is 14.4. The molecule has 3 rings (SSSR count). The number of benzene rings is 2. The SMILES string of the molecule is Cc1ccc(S(=O)(=O)/N=C/c2ccc(-c3ccc(Cl)cc3)o2)cc1. The van der Waals surface area contributed by atoms with Crippen LogP contribution in [0.4, 0.5) is 0 Å². The summed E-state index contributed by atoms with van der Waals surface area (Å²) in [4.78, 5) is 0.147. The molecule has 1 aromatic heterocycles. The van der Waals surface area contributed by atoms with Crippen LogP contribution in [-0.4, -0.2) is 14.6 Å². The number of sulfonamides is 1. The molecule has 2 aromatic carbocycles. The fourth-order valence-corrected chi connectivity index (χ4v) is 3.05. The molecule has 4 nitrogen and oxygen atoms in total. The molecule has 6 heteroatoms. The molecule has 1 heterocycles. The van der Waals surface area contributed by atoms with E-state index in [1.54, 1.807) is 36.4 Å². The van der Waals surface area contributed by atoms with Crippen LogP contribution in [0.1, 0.15) is 11.3 Å². The summed E-state index contributed by atoms with van der Waals surface area (Å²) in [5.41, 5.74) is 1.83. The number of aryl methyl sites for hydroxylation is 1. The quantitative estimate of drug-likeness (QED) is 0.633. The summed E-state index contributed by atoms with van der Waals surface area (Å²) in [5.74, 6) is 0.969.